The number of aromatic amines is 2. The van der Waals surface area contributed by atoms with E-state index in [1.165, 1.54) is 42.7 Å². The number of rotatable bonds is 14. The van der Waals surface area contributed by atoms with Gasteiger partial charge < -0.3 is 29.8 Å². The van der Waals surface area contributed by atoms with Crippen LogP contribution < -0.4 is 19.7 Å². The molecule has 1 saturated carbocycles. The Balaban J connectivity index is 0.861. The molecule has 2 aromatic carbocycles. The van der Waals surface area contributed by atoms with Crippen LogP contribution in [0.3, 0.4) is 0 Å². The quantitative estimate of drug-likeness (QED) is 0.0593. The third-order valence-electron chi connectivity index (χ3n) is 15.3. The fraction of sp³-hybridized carbons (Fsp3) is 0.500. The van der Waals surface area contributed by atoms with Gasteiger partial charge in [-0.2, -0.15) is 0 Å². The summed E-state index contributed by atoms with van der Waals surface area (Å²) in [7, 11) is -4.84. The summed E-state index contributed by atoms with van der Waals surface area (Å²) < 4.78 is 53.2. The average Bonchev–Trinajstić information content (AvgIpc) is 4.12. The second-order valence-corrected chi connectivity index (χ2v) is 23.5. The number of fused-ring (bicyclic) bond motifs is 2. The van der Waals surface area contributed by atoms with E-state index in [1.54, 1.807) is 18.3 Å². The van der Waals surface area contributed by atoms with E-state index in [-0.39, 0.29) is 58.3 Å². The summed E-state index contributed by atoms with van der Waals surface area (Å²) in [6.45, 7) is 15.2. The van der Waals surface area contributed by atoms with E-state index in [0.29, 0.717) is 48.3 Å². The van der Waals surface area contributed by atoms with Crippen molar-refractivity contribution in [1.29, 1.82) is 0 Å². The first-order chi connectivity index (χ1) is 33.9. The molecule has 7 heterocycles. The molecule has 3 saturated heterocycles. The fourth-order valence-electron chi connectivity index (χ4n) is 11.7. The zero-order valence-electron chi connectivity index (χ0n) is 41.1. The van der Waals surface area contributed by atoms with Crippen molar-refractivity contribution in [3.8, 4) is 11.5 Å². The summed E-state index contributed by atoms with van der Waals surface area (Å²) in [4.78, 5) is 51.8. The van der Waals surface area contributed by atoms with Gasteiger partial charge in [-0.1, -0.05) is 58.9 Å². The molecule has 376 valence electrons. The van der Waals surface area contributed by atoms with E-state index < -0.39 is 37.1 Å². The number of nitrogens with zero attached hydrogens (tertiary/aromatic N) is 7. The lowest BCUT2D eigenvalue weighted by Crippen LogP contribution is -2.55. The molecule has 1 amide bonds. The molecule has 10 rings (SSSR count). The Morgan fingerprint density at radius 2 is 1.75 bits per heavy atom. The van der Waals surface area contributed by atoms with Gasteiger partial charge in [-0.15, -0.1) is 0 Å². The summed E-state index contributed by atoms with van der Waals surface area (Å²) in [6.07, 6.45) is 12.9. The van der Waals surface area contributed by atoms with E-state index in [2.05, 4.69) is 104 Å². The van der Waals surface area contributed by atoms with Crippen LogP contribution >= 0.6 is 0 Å². The minimum Gasteiger partial charge on any atom is -0.455 e. The number of aromatic nitrogens is 5. The number of alkyl halides is 1. The van der Waals surface area contributed by atoms with Crippen LogP contribution in [0.25, 0.3) is 22.1 Å². The predicted octanol–water partition coefficient (Wildman–Crippen LogP) is 9.62. The van der Waals surface area contributed by atoms with Crippen LogP contribution in [0.5, 0.6) is 11.5 Å². The summed E-state index contributed by atoms with van der Waals surface area (Å²) in [5.41, 5.74) is 1.11. The predicted molar refractivity (Wildman–Crippen MR) is 271 cm³/mol. The van der Waals surface area contributed by atoms with Crippen LogP contribution in [-0.2, 0) is 10.0 Å². The zero-order valence-corrected chi connectivity index (χ0v) is 41.9. The van der Waals surface area contributed by atoms with Gasteiger partial charge in [0.15, 0.2) is 0 Å². The monoisotopic (exact) mass is 989 g/mol. The van der Waals surface area contributed by atoms with Crippen molar-refractivity contribution in [2.75, 3.05) is 56.0 Å². The Kier molecular flexibility index (Phi) is 12.8. The molecule has 0 bridgehead atoms. The SMILES string of the molecule is CC(C)c1ccccc1[C@@H]1CCCN1C1CC2(CCN(c3cc(Oc4cnc5[nH]ccc5c4)c(C(=O)NS(=O)(=O)c4cc([N+](=O)[O-])c(NCC5(F)CCN(CC(C)(C)C)CC5)c5[nH]cnc45)cn3)CC2)C1. The lowest BCUT2D eigenvalue weighted by Gasteiger charge is -2.56. The van der Waals surface area contributed by atoms with Crippen LogP contribution in [0.1, 0.15) is 119 Å². The molecule has 3 aliphatic heterocycles. The molecule has 1 spiro atoms. The number of nitro benzene ring substituents is 1. The van der Waals surface area contributed by atoms with Crippen molar-refractivity contribution in [3.05, 3.63) is 100 Å². The Morgan fingerprint density at radius 3 is 2.48 bits per heavy atom. The van der Waals surface area contributed by atoms with Gasteiger partial charge in [-0.3, -0.25) is 19.8 Å². The number of carbonyl (C=O) groups excluding carboxylic acids is 1. The highest BCUT2D eigenvalue weighted by molar-refractivity contribution is 7.90. The first-order valence-electron chi connectivity index (χ1n) is 24.9. The summed E-state index contributed by atoms with van der Waals surface area (Å²) in [6, 6.07) is 16.0. The maximum atomic E-state index is 16.2. The van der Waals surface area contributed by atoms with Crippen molar-refractivity contribution in [2.24, 2.45) is 10.8 Å². The van der Waals surface area contributed by atoms with E-state index >= 15 is 4.39 Å². The van der Waals surface area contributed by atoms with Crippen molar-refractivity contribution in [3.63, 3.8) is 0 Å². The lowest BCUT2D eigenvalue weighted by molar-refractivity contribution is -0.384. The summed E-state index contributed by atoms with van der Waals surface area (Å²) in [5.74, 6) is 0.333. The number of ether oxygens (including phenoxy) is 1. The summed E-state index contributed by atoms with van der Waals surface area (Å²) >= 11 is 0. The molecule has 4 N–H and O–H groups in total. The largest absolute Gasteiger partial charge is 0.455 e. The Hall–Kier alpha value is -6.18. The van der Waals surface area contributed by atoms with Gasteiger partial charge in [-0.25, -0.2) is 32.5 Å². The Bertz CT molecular complexity index is 3070. The number of benzene rings is 2. The molecule has 1 aliphatic carbocycles. The first-order valence-corrected chi connectivity index (χ1v) is 26.4. The number of nitro groups is 1. The smallest absolute Gasteiger partial charge is 0.296 e. The number of nitrogens with one attached hydrogen (secondary N) is 4. The van der Waals surface area contributed by atoms with Crippen molar-refractivity contribution in [2.45, 2.75) is 115 Å². The van der Waals surface area contributed by atoms with Gasteiger partial charge >= 0.3 is 0 Å². The third-order valence-corrected chi connectivity index (χ3v) is 16.7. The topological polar surface area (TPSA) is 208 Å². The number of amides is 1. The molecule has 4 aromatic heterocycles. The molecule has 4 fully saturated rings. The van der Waals surface area contributed by atoms with E-state index in [9.17, 15) is 23.3 Å². The van der Waals surface area contributed by atoms with Crippen LogP contribution in [0.4, 0.5) is 21.6 Å². The Labute approximate surface area is 413 Å². The molecule has 0 radical (unpaired) electrons. The molecular formula is C52H64FN11O6S. The van der Waals surface area contributed by atoms with Crippen LogP contribution in [0, 0.1) is 20.9 Å². The van der Waals surface area contributed by atoms with Gasteiger partial charge in [0, 0.05) is 81.3 Å². The number of imidazole rings is 1. The van der Waals surface area contributed by atoms with Crippen molar-refractivity contribution >= 4 is 55.2 Å². The number of carbonyl (C=O) groups is 1. The summed E-state index contributed by atoms with van der Waals surface area (Å²) in [5, 5.41) is 16.3. The molecule has 17 nitrogen and oxygen atoms in total. The minimum atomic E-state index is -4.84. The average molecular weight is 990 g/mol. The fourth-order valence-corrected chi connectivity index (χ4v) is 12.8. The van der Waals surface area contributed by atoms with Gasteiger partial charge in [0.1, 0.15) is 50.3 Å². The second kappa shape index (κ2) is 18.8. The highest BCUT2D eigenvalue weighted by Crippen LogP contribution is 2.54. The number of likely N-dealkylation sites (tertiary alicyclic amines) is 2. The lowest BCUT2D eigenvalue weighted by atomic mass is 9.60. The number of piperidine rings is 2. The van der Waals surface area contributed by atoms with Crippen molar-refractivity contribution in [1.82, 2.24) is 39.4 Å². The molecule has 4 aliphatic rings. The van der Waals surface area contributed by atoms with E-state index in [4.69, 9.17) is 9.72 Å². The van der Waals surface area contributed by atoms with E-state index in [0.717, 1.165) is 63.3 Å². The number of pyridine rings is 2. The first kappa shape index (κ1) is 48.4. The number of hydrogen-bond donors (Lipinski definition) is 4. The van der Waals surface area contributed by atoms with Crippen molar-refractivity contribution < 1.29 is 27.3 Å². The van der Waals surface area contributed by atoms with Gasteiger partial charge in [0.25, 0.3) is 21.6 Å². The van der Waals surface area contributed by atoms with Crippen LogP contribution in [0.2, 0.25) is 0 Å². The number of H-pyrrole nitrogens is 2. The third kappa shape index (κ3) is 9.92. The van der Waals surface area contributed by atoms with Gasteiger partial charge in [-0.05, 0) is 97.9 Å². The standard InChI is InChI=1S/C52H64FN11O6S/c1-33(2)37-9-6-7-10-38(37)40-11-8-18-63(40)35-26-51(27-35)13-21-62(22-14-51)44-25-42(70-36-23-34-12-17-54-48(34)56-28-36)39(29-55-44)49(65)60-71(68,69)43-24-41(64(66)67)45(47-46(43)58-32-59-47)57-30-52(53)15-19-61(20-16-52)31-50(3,4)5/h6-7,9-10,12,17,23-25,28-29,32-33,35,40,57H,8,11,13-16,18-22,26-27,30-31H2,1-5H3,(H,54,56)(H,58,59)(H,60,65)/t40-/m0/s1. The maximum Gasteiger partial charge on any atom is 0.296 e. The number of halogens is 1. The number of anilines is 2. The Morgan fingerprint density at radius 1 is 0.986 bits per heavy atom. The highest BCUT2D eigenvalue weighted by Gasteiger charge is 2.50. The maximum absolute atomic E-state index is 16.2. The highest BCUT2D eigenvalue weighted by atomic mass is 32.2. The molecule has 0 unspecified atom stereocenters. The number of sulfonamides is 1. The molecular weight excluding hydrogens is 926 g/mol. The minimum absolute atomic E-state index is 0.0168. The molecule has 1 atom stereocenters. The van der Waals surface area contributed by atoms with Crippen LogP contribution in [0.15, 0.2) is 78.3 Å². The molecule has 19 heteroatoms. The van der Waals surface area contributed by atoms with Gasteiger partial charge in [0.05, 0.1) is 23.0 Å². The number of hydrogen-bond acceptors (Lipinski definition) is 13. The van der Waals surface area contributed by atoms with Gasteiger partial charge in [0.2, 0.25) is 0 Å². The second-order valence-electron chi connectivity index (χ2n) is 21.9. The molecule has 6 aromatic rings. The van der Waals surface area contributed by atoms with Crippen LogP contribution in [-0.4, -0.2) is 111 Å². The molecule has 71 heavy (non-hydrogen) atoms. The normalized spacial score (nSPS) is 19.9. The van der Waals surface area contributed by atoms with E-state index in [1.807, 2.05) is 6.07 Å². The zero-order chi connectivity index (χ0) is 49.9.